The van der Waals surface area contributed by atoms with Crippen molar-refractivity contribution in [2.75, 3.05) is 13.2 Å². The first-order valence-electron chi connectivity index (χ1n) is 8.77. The molecule has 0 heterocycles. The van der Waals surface area contributed by atoms with Gasteiger partial charge >= 0.3 is 11.9 Å². The normalized spacial score (nSPS) is 10.8. The van der Waals surface area contributed by atoms with E-state index in [1.54, 1.807) is 0 Å². The molecule has 0 aromatic heterocycles. The van der Waals surface area contributed by atoms with Crippen LogP contribution in [0.5, 0.6) is 0 Å². The van der Waals surface area contributed by atoms with Crippen molar-refractivity contribution in [1.82, 2.24) is 0 Å². The van der Waals surface area contributed by atoms with Crippen molar-refractivity contribution in [3.05, 3.63) is 29.3 Å². The Kier molecular flexibility index (Phi) is 13.7. The summed E-state index contributed by atoms with van der Waals surface area (Å²) < 4.78 is 42.7. The van der Waals surface area contributed by atoms with Gasteiger partial charge in [-0.2, -0.15) is 8.42 Å². The van der Waals surface area contributed by atoms with Gasteiger partial charge in [-0.3, -0.25) is 4.55 Å². The number of ether oxygens (including phenoxy) is 2. The van der Waals surface area contributed by atoms with Crippen molar-refractivity contribution >= 4 is 73.4 Å². The van der Waals surface area contributed by atoms with Gasteiger partial charge < -0.3 is 9.47 Å². The zero-order valence-electron chi connectivity index (χ0n) is 16.2. The van der Waals surface area contributed by atoms with Crippen LogP contribution in [0.15, 0.2) is 23.1 Å². The van der Waals surface area contributed by atoms with Crippen molar-refractivity contribution < 1.29 is 32.0 Å². The van der Waals surface area contributed by atoms with E-state index in [0.717, 1.165) is 37.8 Å². The molecule has 0 atom stereocenters. The predicted octanol–water partition coefficient (Wildman–Crippen LogP) is 3.25. The minimum atomic E-state index is -4.71. The molecular weight excluding hydrogens is 399 g/mol. The largest absolute Gasteiger partial charge is 0.462 e. The van der Waals surface area contributed by atoms with Gasteiger partial charge in [-0.05, 0) is 31.0 Å². The third-order valence-corrected chi connectivity index (χ3v) is 4.57. The molecular formula is C18H26KO7S. The van der Waals surface area contributed by atoms with E-state index in [9.17, 15) is 22.6 Å². The first-order valence-corrected chi connectivity index (χ1v) is 10.2. The Bertz CT molecular complexity index is 716. The second-order valence-electron chi connectivity index (χ2n) is 5.87. The Morgan fingerprint density at radius 2 is 1.44 bits per heavy atom. The summed E-state index contributed by atoms with van der Waals surface area (Å²) in [5.74, 6) is -1.58. The van der Waals surface area contributed by atoms with Crippen LogP contribution in [0.2, 0.25) is 0 Å². The van der Waals surface area contributed by atoms with Crippen molar-refractivity contribution in [3.63, 3.8) is 0 Å². The maximum Gasteiger partial charge on any atom is 0.339 e. The van der Waals surface area contributed by atoms with Gasteiger partial charge in [0.1, 0.15) is 4.90 Å². The van der Waals surface area contributed by atoms with Crippen LogP contribution in [0.25, 0.3) is 0 Å². The van der Waals surface area contributed by atoms with Crippen LogP contribution >= 0.6 is 0 Å². The van der Waals surface area contributed by atoms with Crippen LogP contribution in [0.1, 0.15) is 73.1 Å². The molecule has 0 bridgehead atoms. The Morgan fingerprint density at radius 3 is 1.93 bits per heavy atom. The van der Waals surface area contributed by atoms with Crippen molar-refractivity contribution in [3.8, 4) is 0 Å². The first kappa shape index (κ1) is 26.7. The van der Waals surface area contributed by atoms with Crippen LogP contribution < -0.4 is 0 Å². The van der Waals surface area contributed by atoms with Gasteiger partial charge in [-0.15, -0.1) is 0 Å². The van der Waals surface area contributed by atoms with Gasteiger partial charge in [0.2, 0.25) is 0 Å². The van der Waals surface area contributed by atoms with Gasteiger partial charge in [0.05, 0.1) is 24.3 Å². The second-order valence-corrected chi connectivity index (χ2v) is 7.26. The van der Waals surface area contributed by atoms with Gasteiger partial charge in [0.15, 0.2) is 0 Å². The summed E-state index contributed by atoms with van der Waals surface area (Å²) in [6, 6.07) is 3.35. The smallest absolute Gasteiger partial charge is 0.339 e. The molecule has 0 aliphatic rings. The fourth-order valence-electron chi connectivity index (χ4n) is 2.23. The molecule has 7 nitrogen and oxygen atoms in total. The maximum atomic E-state index is 12.1. The van der Waals surface area contributed by atoms with E-state index >= 15 is 0 Å². The predicted molar refractivity (Wildman–Crippen MR) is 102 cm³/mol. The van der Waals surface area contributed by atoms with E-state index < -0.39 is 27.0 Å². The third kappa shape index (κ3) is 9.64. The standard InChI is InChI=1S/C18H26O7S.K/c1-3-5-7-11-24-17(19)14-9-10-15(16(13-14)26(21,22)23)18(20)25-12-8-6-4-2;/h9-10,13H,3-8,11-12H2,1-2H3,(H,21,22,23);. The fraction of sp³-hybridized carbons (Fsp3) is 0.556. The van der Waals surface area contributed by atoms with Gasteiger partial charge in [0.25, 0.3) is 10.1 Å². The molecule has 1 aromatic carbocycles. The van der Waals surface area contributed by atoms with Gasteiger partial charge in [0, 0.05) is 51.4 Å². The molecule has 9 heteroatoms. The number of rotatable bonds is 11. The molecule has 1 N–H and O–H groups in total. The van der Waals surface area contributed by atoms with Crippen LogP contribution in [0.3, 0.4) is 0 Å². The number of unbranched alkanes of at least 4 members (excludes halogenated alkanes) is 4. The summed E-state index contributed by atoms with van der Waals surface area (Å²) in [6.45, 7) is 4.38. The average molecular weight is 426 g/mol. The average Bonchev–Trinajstić information content (AvgIpc) is 2.60. The van der Waals surface area contributed by atoms with Gasteiger partial charge in [-0.1, -0.05) is 39.5 Å². The monoisotopic (exact) mass is 425 g/mol. The summed E-state index contributed by atoms with van der Waals surface area (Å²) in [6.07, 6.45) is 5.07. The molecule has 0 spiro atoms. The number of esters is 2. The van der Waals surface area contributed by atoms with Crippen molar-refractivity contribution in [2.45, 2.75) is 57.3 Å². The number of carbonyl (C=O) groups is 2. The van der Waals surface area contributed by atoms with Crippen LogP contribution in [-0.4, -0.2) is 89.5 Å². The number of hydrogen-bond acceptors (Lipinski definition) is 6. The maximum absolute atomic E-state index is 12.1. The second kappa shape index (κ2) is 13.8. The molecule has 1 aromatic rings. The van der Waals surface area contributed by atoms with Crippen LogP contribution in [0, 0.1) is 0 Å². The Morgan fingerprint density at radius 1 is 0.926 bits per heavy atom. The van der Waals surface area contributed by atoms with Crippen LogP contribution in [-0.2, 0) is 19.6 Å². The summed E-state index contributed by atoms with van der Waals surface area (Å²) >= 11 is 0. The molecule has 1 radical (unpaired) electrons. The molecule has 1 rings (SSSR count). The Hall–Kier alpha value is -0.294. The number of carbonyl (C=O) groups excluding carboxylic acids is 2. The summed E-state index contributed by atoms with van der Waals surface area (Å²) in [5.41, 5.74) is -0.372. The van der Waals surface area contributed by atoms with E-state index in [1.807, 2.05) is 13.8 Å². The Labute approximate surface area is 203 Å². The topological polar surface area (TPSA) is 107 Å². The number of hydrogen-bond donors (Lipinski definition) is 1. The number of benzene rings is 1. The van der Waals surface area contributed by atoms with Crippen molar-refractivity contribution in [1.29, 1.82) is 0 Å². The quantitative estimate of drug-likeness (QED) is 0.251. The first-order chi connectivity index (χ1) is 12.3. The van der Waals surface area contributed by atoms with Gasteiger partial charge in [-0.25, -0.2) is 9.59 Å². The summed E-state index contributed by atoms with van der Waals surface area (Å²) in [7, 11) is -4.71. The molecule has 0 unspecified atom stereocenters. The Balaban J connectivity index is 0.00000676. The zero-order valence-corrected chi connectivity index (χ0v) is 20.1. The molecule has 0 amide bonds. The molecule has 0 saturated heterocycles. The molecule has 0 saturated carbocycles. The zero-order chi connectivity index (χ0) is 19.6. The van der Waals surface area contributed by atoms with E-state index in [0.29, 0.717) is 12.8 Å². The van der Waals surface area contributed by atoms with E-state index in [4.69, 9.17) is 9.47 Å². The van der Waals surface area contributed by atoms with E-state index in [-0.39, 0.29) is 75.7 Å². The third-order valence-electron chi connectivity index (χ3n) is 3.68. The minimum absolute atomic E-state index is 0. The van der Waals surface area contributed by atoms with E-state index in [2.05, 4.69) is 0 Å². The molecule has 0 fully saturated rings. The summed E-state index contributed by atoms with van der Waals surface area (Å²) in [4.78, 5) is 23.4. The molecule has 0 aliphatic carbocycles. The molecule has 147 valence electrons. The molecule has 27 heavy (non-hydrogen) atoms. The SMILES string of the molecule is CCCCCOC(=O)c1ccc(C(=O)OCCCCC)c(S(=O)(=O)O)c1.[K]. The molecule has 0 aliphatic heterocycles. The summed E-state index contributed by atoms with van der Waals surface area (Å²) in [5, 5.41) is 0. The van der Waals surface area contributed by atoms with Crippen LogP contribution in [0.4, 0.5) is 0 Å². The minimum Gasteiger partial charge on any atom is -0.462 e. The van der Waals surface area contributed by atoms with E-state index in [1.165, 1.54) is 6.07 Å². The fourth-order valence-corrected chi connectivity index (χ4v) is 2.93. The van der Waals surface area contributed by atoms with Crippen molar-refractivity contribution in [2.24, 2.45) is 0 Å².